The standard InChI is InChI=1S/C19H22FN3O4S/c1-13-5-4-6-14(2)19(13)22-17(24)11-21-18(25)12-23(3)28(26,27)16-9-7-15(20)8-10-16/h4-10H,11-12H2,1-3H3,(H,21,25)(H,22,24). The highest BCUT2D eigenvalue weighted by Gasteiger charge is 2.23. The number of para-hydroxylation sites is 1. The molecule has 0 bridgehead atoms. The van der Waals surface area contributed by atoms with E-state index < -0.39 is 34.2 Å². The lowest BCUT2D eigenvalue weighted by Crippen LogP contribution is -2.41. The number of benzene rings is 2. The number of rotatable bonds is 7. The van der Waals surface area contributed by atoms with Crippen molar-refractivity contribution in [1.82, 2.24) is 9.62 Å². The maximum Gasteiger partial charge on any atom is 0.243 e. The smallest absolute Gasteiger partial charge is 0.243 e. The molecule has 0 radical (unpaired) electrons. The SMILES string of the molecule is Cc1cccc(C)c1NC(=O)CNC(=O)CN(C)S(=O)(=O)c1ccc(F)cc1. The molecular weight excluding hydrogens is 385 g/mol. The zero-order chi connectivity index (χ0) is 20.9. The van der Waals surface area contributed by atoms with E-state index in [-0.39, 0.29) is 11.4 Å². The van der Waals surface area contributed by atoms with Gasteiger partial charge in [-0.25, -0.2) is 12.8 Å². The van der Waals surface area contributed by atoms with E-state index in [1.165, 1.54) is 7.05 Å². The summed E-state index contributed by atoms with van der Waals surface area (Å²) in [5.41, 5.74) is 2.47. The molecule has 0 atom stereocenters. The zero-order valence-corrected chi connectivity index (χ0v) is 16.6. The second kappa shape index (κ2) is 8.94. The number of likely N-dealkylation sites (N-methyl/N-ethyl adjacent to an activating group) is 1. The average Bonchev–Trinajstić information content (AvgIpc) is 2.63. The van der Waals surface area contributed by atoms with Gasteiger partial charge in [0.2, 0.25) is 21.8 Å². The Labute approximate surface area is 163 Å². The minimum absolute atomic E-state index is 0.128. The van der Waals surface area contributed by atoms with E-state index in [1.807, 2.05) is 32.0 Å². The van der Waals surface area contributed by atoms with Crippen LogP contribution in [-0.4, -0.2) is 44.7 Å². The third-order valence-electron chi connectivity index (χ3n) is 4.08. The minimum atomic E-state index is -3.94. The van der Waals surface area contributed by atoms with E-state index in [2.05, 4.69) is 10.6 Å². The van der Waals surface area contributed by atoms with Crippen LogP contribution in [0.1, 0.15) is 11.1 Å². The lowest BCUT2D eigenvalue weighted by molar-refractivity contribution is -0.124. The molecule has 0 aromatic heterocycles. The summed E-state index contributed by atoms with van der Waals surface area (Å²) in [5, 5.41) is 5.12. The largest absolute Gasteiger partial charge is 0.346 e. The molecule has 0 saturated heterocycles. The van der Waals surface area contributed by atoms with Gasteiger partial charge in [0, 0.05) is 12.7 Å². The van der Waals surface area contributed by atoms with Crippen molar-refractivity contribution in [3.63, 3.8) is 0 Å². The Hall–Kier alpha value is -2.78. The Morgan fingerprint density at radius 2 is 1.57 bits per heavy atom. The van der Waals surface area contributed by atoms with Crippen LogP contribution in [0.3, 0.4) is 0 Å². The van der Waals surface area contributed by atoms with Gasteiger partial charge in [-0.1, -0.05) is 18.2 Å². The monoisotopic (exact) mass is 407 g/mol. The number of anilines is 1. The Balaban J connectivity index is 1.91. The molecule has 9 heteroatoms. The first-order valence-electron chi connectivity index (χ1n) is 8.46. The predicted molar refractivity (Wildman–Crippen MR) is 104 cm³/mol. The summed E-state index contributed by atoms with van der Waals surface area (Å²) in [5.74, 6) is -1.62. The van der Waals surface area contributed by atoms with E-state index >= 15 is 0 Å². The molecule has 7 nitrogen and oxygen atoms in total. The number of sulfonamides is 1. The van der Waals surface area contributed by atoms with Gasteiger partial charge in [-0.05, 0) is 49.2 Å². The molecule has 0 aliphatic heterocycles. The van der Waals surface area contributed by atoms with Gasteiger partial charge in [-0.3, -0.25) is 9.59 Å². The molecule has 0 unspecified atom stereocenters. The fraction of sp³-hybridized carbons (Fsp3) is 0.263. The van der Waals surface area contributed by atoms with Gasteiger partial charge < -0.3 is 10.6 Å². The molecule has 2 amide bonds. The summed E-state index contributed by atoms with van der Waals surface area (Å²) < 4.78 is 38.5. The molecule has 2 N–H and O–H groups in total. The molecule has 0 aliphatic rings. The van der Waals surface area contributed by atoms with Gasteiger partial charge in [-0.2, -0.15) is 4.31 Å². The first kappa shape index (κ1) is 21.5. The first-order valence-corrected chi connectivity index (χ1v) is 9.90. The summed E-state index contributed by atoms with van der Waals surface area (Å²) in [6, 6.07) is 9.89. The van der Waals surface area contributed by atoms with Crippen LogP contribution < -0.4 is 10.6 Å². The van der Waals surface area contributed by atoms with E-state index in [0.717, 1.165) is 39.7 Å². The van der Waals surface area contributed by atoms with Crippen molar-refractivity contribution in [1.29, 1.82) is 0 Å². The van der Waals surface area contributed by atoms with Crippen molar-refractivity contribution in [3.05, 3.63) is 59.4 Å². The molecule has 0 heterocycles. The van der Waals surface area contributed by atoms with Crippen molar-refractivity contribution in [2.75, 3.05) is 25.5 Å². The highest BCUT2D eigenvalue weighted by Crippen LogP contribution is 2.19. The van der Waals surface area contributed by atoms with Gasteiger partial charge in [0.15, 0.2) is 0 Å². The molecule has 0 saturated carbocycles. The Morgan fingerprint density at radius 1 is 1.00 bits per heavy atom. The van der Waals surface area contributed by atoms with Crippen molar-refractivity contribution < 1.29 is 22.4 Å². The molecule has 2 aromatic rings. The molecule has 28 heavy (non-hydrogen) atoms. The molecule has 0 spiro atoms. The van der Waals surface area contributed by atoms with Crippen LogP contribution in [0.2, 0.25) is 0 Å². The van der Waals surface area contributed by atoms with Gasteiger partial charge in [0.25, 0.3) is 0 Å². The molecule has 2 aromatic carbocycles. The molecular formula is C19H22FN3O4S. The fourth-order valence-corrected chi connectivity index (χ4v) is 3.63. The molecule has 2 rings (SSSR count). The summed E-state index contributed by atoms with van der Waals surface area (Å²) in [4.78, 5) is 24.0. The third-order valence-corrected chi connectivity index (χ3v) is 5.90. The van der Waals surface area contributed by atoms with Crippen LogP contribution in [0, 0.1) is 19.7 Å². The average molecular weight is 407 g/mol. The highest BCUT2D eigenvalue weighted by atomic mass is 32.2. The molecule has 150 valence electrons. The Bertz CT molecular complexity index is 955. The van der Waals surface area contributed by atoms with Gasteiger partial charge in [0.05, 0.1) is 18.0 Å². The van der Waals surface area contributed by atoms with Gasteiger partial charge in [0.1, 0.15) is 5.82 Å². The zero-order valence-electron chi connectivity index (χ0n) is 15.8. The number of carbonyl (C=O) groups excluding carboxylic acids is 2. The fourth-order valence-electron chi connectivity index (χ4n) is 2.50. The number of aryl methyl sites for hydroxylation is 2. The van der Waals surface area contributed by atoms with Crippen LogP contribution in [0.5, 0.6) is 0 Å². The van der Waals surface area contributed by atoms with Crippen LogP contribution in [0.4, 0.5) is 10.1 Å². The summed E-state index contributed by atoms with van der Waals surface area (Å²) in [6.45, 7) is 2.94. The quantitative estimate of drug-likeness (QED) is 0.732. The van der Waals surface area contributed by atoms with Crippen molar-refractivity contribution in [3.8, 4) is 0 Å². The second-order valence-electron chi connectivity index (χ2n) is 6.31. The Morgan fingerprint density at radius 3 is 2.14 bits per heavy atom. The minimum Gasteiger partial charge on any atom is -0.346 e. The normalized spacial score (nSPS) is 11.3. The van der Waals surface area contributed by atoms with E-state index in [4.69, 9.17) is 0 Å². The van der Waals surface area contributed by atoms with E-state index in [9.17, 15) is 22.4 Å². The Kier molecular flexibility index (Phi) is 6.87. The van der Waals surface area contributed by atoms with Crippen LogP contribution >= 0.6 is 0 Å². The second-order valence-corrected chi connectivity index (χ2v) is 8.35. The number of carbonyl (C=O) groups is 2. The van der Waals surface area contributed by atoms with Crippen molar-refractivity contribution in [2.24, 2.45) is 0 Å². The van der Waals surface area contributed by atoms with Crippen molar-refractivity contribution >= 4 is 27.5 Å². The van der Waals surface area contributed by atoms with Crippen LogP contribution in [0.25, 0.3) is 0 Å². The lowest BCUT2D eigenvalue weighted by atomic mass is 10.1. The maximum absolute atomic E-state index is 13.0. The number of nitrogens with one attached hydrogen (secondary N) is 2. The highest BCUT2D eigenvalue weighted by molar-refractivity contribution is 7.89. The summed E-state index contributed by atoms with van der Waals surface area (Å²) >= 11 is 0. The lowest BCUT2D eigenvalue weighted by Gasteiger charge is -2.17. The van der Waals surface area contributed by atoms with Crippen LogP contribution in [0.15, 0.2) is 47.4 Å². The number of amides is 2. The summed E-state index contributed by atoms with van der Waals surface area (Å²) in [6.07, 6.45) is 0. The summed E-state index contributed by atoms with van der Waals surface area (Å²) in [7, 11) is -2.71. The number of nitrogens with zero attached hydrogens (tertiary/aromatic N) is 1. The topological polar surface area (TPSA) is 95.6 Å². The van der Waals surface area contributed by atoms with Crippen LogP contribution in [-0.2, 0) is 19.6 Å². The first-order chi connectivity index (χ1) is 13.1. The predicted octanol–water partition coefficient (Wildman–Crippen LogP) is 1.82. The van der Waals surface area contributed by atoms with Gasteiger partial charge in [-0.15, -0.1) is 0 Å². The van der Waals surface area contributed by atoms with E-state index in [1.54, 1.807) is 0 Å². The number of hydrogen-bond acceptors (Lipinski definition) is 4. The maximum atomic E-state index is 13.0. The van der Waals surface area contributed by atoms with Gasteiger partial charge >= 0.3 is 0 Å². The number of hydrogen-bond donors (Lipinski definition) is 2. The van der Waals surface area contributed by atoms with Crippen molar-refractivity contribution in [2.45, 2.75) is 18.7 Å². The number of halogens is 1. The van der Waals surface area contributed by atoms with E-state index in [0.29, 0.717) is 5.69 Å². The molecule has 0 aliphatic carbocycles. The molecule has 0 fully saturated rings. The third kappa shape index (κ3) is 5.37.